The van der Waals surface area contributed by atoms with Gasteiger partial charge in [0.2, 0.25) is 0 Å². The highest BCUT2D eigenvalue weighted by Gasteiger charge is 2.03. The van der Waals surface area contributed by atoms with Crippen molar-refractivity contribution >= 4 is 23.5 Å². The molecule has 0 aromatic heterocycles. The fourth-order valence-electron chi connectivity index (χ4n) is 1.93. The fourth-order valence-corrected chi connectivity index (χ4v) is 1.93. The maximum atomic E-state index is 11.9. The highest BCUT2D eigenvalue weighted by atomic mass is 16.4. The number of carboxylic acid groups (broad SMARTS) is 1. The number of amides is 3. The Hall–Kier alpha value is -3.02. The molecule has 0 radical (unpaired) electrons. The van der Waals surface area contributed by atoms with E-state index in [0.29, 0.717) is 24.3 Å². The van der Waals surface area contributed by atoms with Gasteiger partial charge in [0, 0.05) is 17.9 Å². The van der Waals surface area contributed by atoms with Gasteiger partial charge in [0.15, 0.2) is 0 Å². The molecule has 2 rings (SSSR count). The lowest BCUT2D eigenvalue weighted by molar-refractivity contribution is 0.194. The molecule has 2 aromatic carbocycles. The minimum atomic E-state index is -1.04. The average molecular weight is 299 g/mol. The number of carbonyl (C=O) groups is 2. The van der Waals surface area contributed by atoms with Crippen molar-refractivity contribution in [3.63, 3.8) is 0 Å². The van der Waals surface area contributed by atoms with Crippen LogP contribution in [-0.4, -0.2) is 23.8 Å². The van der Waals surface area contributed by atoms with Gasteiger partial charge in [0.1, 0.15) is 0 Å². The van der Waals surface area contributed by atoms with E-state index in [2.05, 4.69) is 16.0 Å². The molecule has 6 nitrogen and oxygen atoms in total. The van der Waals surface area contributed by atoms with E-state index >= 15 is 0 Å². The zero-order valence-electron chi connectivity index (χ0n) is 11.9. The molecule has 0 aliphatic carbocycles. The summed E-state index contributed by atoms with van der Waals surface area (Å²) in [4.78, 5) is 22.3. The van der Waals surface area contributed by atoms with Crippen LogP contribution in [0.2, 0.25) is 0 Å². The molecule has 0 aliphatic heterocycles. The number of benzene rings is 2. The average Bonchev–Trinajstić information content (AvgIpc) is 2.48. The van der Waals surface area contributed by atoms with E-state index in [4.69, 9.17) is 5.11 Å². The first-order chi connectivity index (χ1) is 10.6. The third-order valence-corrected chi connectivity index (χ3v) is 2.91. The summed E-state index contributed by atoms with van der Waals surface area (Å²) >= 11 is 0. The molecule has 0 atom stereocenters. The summed E-state index contributed by atoms with van der Waals surface area (Å²) in [6.07, 6.45) is -0.487. The monoisotopic (exact) mass is 299 g/mol. The normalized spacial score (nSPS) is 9.82. The van der Waals surface area contributed by atoms with Crippen LogP contribution in [0.5, 0.6) is 0 Å². The maximum Gasteiger partial charge on any atom is 0.404 e. The quantitative estimate of drug-likeness (QED) is 0.683. The van der Waals surface area contributed by atoms with Gasteiger partial charge in [-0.3, -0.25) is 0 Å². The van der Waals surface area contributed by atoms with Gasteiger partial charge in [-0.2, -0.15) is 0 Å². The van der Waals surface area contributed by atoms with E-state index in [1.54, 1.807) is 18.2 Å². The fraction of sp³-hybridized carbons (Fsp3) is 0.125. The van der Waals surface area contributed by atoms with E-state index in [-0.39, 0.29) is 6.03 Å². The van der Waals surface area contributed by atoms with E-state index in [0.717, 1.165) is 5.56 Å². The predicted octanol–water partition coefficient (Wildman–Crippen LogP) is 3.14. The largest absolute Gasteiger partial charge is 0.465 e. The van der Waals surface area contributed by atoms with Crippen LogP contribution in [0.25, 0.3) is 0 Å². The number of rotatable bonds is 5. The topological polar surface area (TPSA) is 90.5 Å². The van der Waals surface area contributed by atoms with Crippen LogP contribution in [0.3, 0.4) is 0 Å². The Morgan fingerprint density at radius 2 is 1.59 bits per heavy atom. The van der Waals surface area contributed by atoms with E-state index in [1.165, 1.54) is 0 Å². The van der Waals surface area contributed by atoms with Crippen molar-refractivity contribution in [2.75, 3.05) is 17.2 Å². The summed E-state index contributed by atoms with van der Waals surface area (Å²) < 4.78 is 0. The second kappa shape index (κ2) is 7.68. The smallest absolute Gasteiger partial charge is 0.404 e. The van der Waals surface area contributed by atoms with Gasteiger partial charge in [-0.15, -0.1) is 0 Å². The zero-order chi connectivity index (χ0) is 15.8. The lowest BCUT2D eigenvalue weighted by Crippen LogP contribution is -2.23. The van der Waals surface area contributed by atoms with Crippen molar-refractivity contribution in [1.82, 2.24) is 5.32 Å². The summed E-state index contributed by atoms with van der Waals surface area (Å²) in [5, 5.41) is 16.3. The van der Waals surface area contributed by atoms with Crippen LogP contribution in [0, 0.1) is 0 Å². The van der Waals surface area contributed by atoms with Gasteiger partial charge in [-0.05, 0) is 36.2 Å². The number of hydrogen-bond donors (Lipinski definition) is 4. The number of carbonyl (C=O) groups excluding carboxylic acids is 1. The molecule has 0 bridgehead atoms. The van der Waals surface area contributed by atoms with E-state index in [9.17, 15) is 9.59 Å². The molecule has 0 aliphatic rings. The van der Waals surface area contributed by atoms with Crippen LogP contribution in [0.15, 0.2) is 54.6 Å². The molecule has 0 heterocycles. The summed E-state index contributed by atoms with van der Waals surface area (Å²) in [5.74, 6) is 0. The number of urea groups is 1. The molecule has 4 N–H and O–H groups in total. The molecule has 0 spiro atoms. The van der Waals surface area contributed by atoms with Crippen molar-refractivity contribution in [2.24, 2.45) is 0 Å². The second-order valence-electron chi connectivity index (χ2n) is 4.63. The first-order valence-corrected chi connectivity index (χ1v) is 6.82. The summed E-state index contributed by atoms with van der Waals surface area (Å²) in [6, 6.07) is 16.1. The van der Waals surface area contributed by atoms with Gasteiger partial charge >= 0.3 is 12.1 Å². The minimum Gasteiger partial charge on any atom is -0.465 e. The number of anilines is 2. The van der Waals surface area contributed by atoms with Crippen LogP contribution in [-0.2, 0) is 6.42 Å². The molecule has 6 heteroatoms. The lowest BCUT2D eigenvalue weighted by atomic mass is 10.1. The molecule has 114 valence electrons. The highest BCUT2D eigenvalue weighted by molar-refractivity contribution is 5.99. The Morgan fingerprint density at radius 3 is 2.32 bits per heavy atom. The Labute approximate surface area is 128 Å². The van der Waals surface area contributed by atoms with Gasteiger partial charge in [-0.1, -0.05) is 30.3 Å². The third kappa shape index (κ3) is 5.16. The third-order valence-electron chi connectivity index (χ3n) is 2.91. The van der Waals surface area contributed by atoms with E-state index in [1.807, 2.05) is 36.4 Å². The standard InChI is InChI=1S/C16H17N3O3/c20-15(18-13-6-2-1-3-7-13)19-14-8-4-5-12(11-14)9-10-17-16(21)22/h1-8,11,17H,9-10H2,(H,21,22)(H2,18,19,20). The summed E-state index contributed by atoms with van der Waals surface area (Å²) in [6.45, 7) is 0.328. The molecule has 0 saturated carbocycles. The first-order valence-electron chi connectivity index (χ1n) is 6.82. The van der Waals surface area contributed by atoms with E-state index < -0.39 is 6.09 Å². The van der Waals surface area contributed by atoms with Crippen molar-refractivity contribution in [1.29, 1.82) is 0 Å². The second-order valence-corrected chi connectivity index (χ2v) is 4.63. The van der Waals surface area contributed by atoms with Gasteiger partial charge in [0.25, 0.3) is 0 Å². The highest BCUT2D eigenvalue weighted by Crippen LogP contribution is 2.12. The van der Waals surface area contributed by atoms with Crippen LogP contribution < -0.4 is 16.0 Å². The zero-order valence-corrected chi connectivity index (χ0v) is 11.9. The molecule has 0 saturated heterocycles. The SMILES string of the molecule is O=C(O)NCCc1cccc(NC(=O)Nc2ccccc2)c1. The Bertz CT molecular complexity index is 644. The van der Waals surface area contributed by atoms with Crippen LogP contribution in [0.1, 0.15) is 5.56 Å². The minimum absolute atomic E-state index is 0.327. The number of hydrogen-bond acceptors (Lipinski definition) is 2. The lowest BCUT2D eigenvalue weighted by Gasteiger charge is -2.09. The molecule has 22 heavy (non-hydrogen) atoms. The van der Waals surface area contributed by atoms with Crippen LogP contribution >= 0.6 is 0 Å². The molecule has 0 unspecified atom stereocenters. The van der Waals surface area contributed by atoms with Gasteiger partial charge in [-0.25, -0.2) is 9.59 Å². The van der Waals surface area contributed by atoms with Crippen molar-refractivity contribution < 1.29 is 14.7 Å². The molecule has 3 amide bonds. The number of nitrogens with one attached hydrogen (secondary N) is 3. The number of para-hydroxylation sites is 1. The van der Waals surface area contributed by atoms with Crippen molar-refractivity contribution in [3.05, 3.63) is 60.2 Å². The Kier molecular flexibility index (Phi) is 5.37. The Balaban J connectivity index is 1.89. The molecule has 2 aromatic rings. The van der Waals surface area contributed by atoms with Crippen molar-refractivity contribution in [2.45, 2.75) is 6.42 Å². The van der Waals surface area contributed by atoms with Crippen LogP contribution in [0.4, 0.5) is 21.0 Å². The van der Waals surface area contributed by atoms with Gasteiger partial charge in [0.05, 0.1) is 0 Å². The predicted molar refractivity (Wildman–Crippen MR) is 85.3 cm³/mol. The summed E-state index contributed by atoms with van der Waals surface area (Å²) in [7, 11) is 0. The Morgan fingerprint density at radius 1 is 0.909 bits per heavy atom. The van der Waals surface area contributed by atoms with Gasteiger partial charge < -0.3 is 21.1 Å². The molecule has 0 fully saturated rings. The molecular weight excluding hydrogens is 282 g/mol. The summed E-state index contributed by atoms with van der Waals surface area (Å²) in [5.41, 5.74) is 2.30. The van der Waals surface area contributed by atoms with Crippen molar-refractivity contribution in [3.8, 4) is 0 Å². The maximum absolute atomic E-state index is 11.9. The molecular formula is C16H17N3O3. The first kappa shape index (κ1) is 15.4.